The Morgan fingerprint density at radius 2 is 1.86 bits per heavy atom. The van der Waals surface area contributed by atoms with E-state index < -0.39 is 11.8 Å². The molecule has 2 fully saturated rings. The third-order valence-electron chi connectivity index (χ3n) is 5.47. The Kier molecular flexibility index (Phi) is 6.00. The number of benzene rings is 2. The first kappa shape index (κ1) is 20.5. The minimum atomic E-state index is -1.22. The molecule has 1 unspecified atom stereocenters. The molecular weight excluding hydrogens is 416 g/mol. The normalized spacial score (nSPS) is 19.9. The highest BCUT2D eigenvalue weighted by Gasteiger charge is 2.30. The smallest absolute Gasteiger partial charge is 0.338 e. The van der Waals surface area contributed by atoms with E-state index in [1.54, 1.807) is 18.2 Å². The molecule has 1 heterocycles. The lowest BCUT2D eigenvalue weighted by Crippen LogP contribution is -2.40. The number of aromatic carboxylic acids is 1. The van der Waals surface area contributed by atoms with Crippen LogP contribution in [-0.2, 0) is 6.54 Å². The number of hydrogen-bond donors (Lipinski definition) is 1. The van der Waals surface area contributed by atoms with Crippen LogP contribution >= 0.6 is 23.2 Å². The van der Waals surface area contributed by atoms with Crippen LogP contribution in [0.1, 0.15) is 53.1 Å². The van der Waals surface area contributed by atoms with E-state index in [2.05, 4.69) is 4.90 Å². The zero-order valence-corrected chi connectivity index (χ0v) is 17.3. The number of nitrogens with zero attached hydrogens (tertiary/aromatic N) is 1. The molecule has 4 rings (SSSR count). The largest absolute Gasteiger partial charge is 0.489 e. The topological polar surface area (TPSA) is 49.8 Å². The Bertz CT molecular complexity index is 912. The number of ether oxygens (including phenoxy) is 1. The van der Waals surface area contributed by atoms with E-state index in [-0.39, 0.29) is 11.7 Å². The van der Waals surface area contributed by atoms with E-state index in [1.165, 1.54) is 12.1 Å². The molecule has 1 saturated heterocycles. The number of carbonyl (C=O) groups is 1. The van der Waals surface area contributed by atoms with E-state index in [9.17, 15) is 14.3 Å². The number of carboxylic acids is 1. The fourth-order valence-electron chi connectivity index (χ4n) is 3.99. The molecule has 154 valence electrons. The number of piperidine rings is 1. The minimum absolute atomic E-state index is 0.00852. The van der Waals surface area contributed by atoms with E-state index in [0.29, 0.717) is 34.8 Å². The van der Waals surface area contributed by atoms with Gasteiger partial charge in [0.05, 0.1) is 5.56 Å². The first-order valence-electron chi connectivity index (χ1n) is 9.80. The highest BCUT2D eigenvalue weighted by Crippen LogP contribution is 2.43. The van der Waals surface area contributed by atoms with Gasteiger partial charge in [-0.3, -0.25) is 4.90 Å². The second kappa shape index (κ2) is 8.50. The van der Waals surface area contributed by atoms with E-state index >= 15 is 0 Å². The van der Waals surface area contributed by atoms with Crippen LogP contribution in [-0.4, -0.2) is 35.2 Å². The van der Waals surface area contributed by atoms with Crippen molar-refractivity contribution in [2.45, 2.75) is 44.2 Å². The summed E-state index contributed by atoms with van der Waals surface area (Å²) in [5.41, 5.74) is 1.60. The molecule has 4 nitrogen and oxygen atoms in total. The van der Waals surface area contributed by atoms with Crippen LogP contribution in [0.25, 0.3) is 0 Å². The van der Waals surface area contributed by atoms with Crippen molar-refractivity contribution in [1.29, 1.82) is 0 Å². The standard InChI is InChI=1S/C22H22Cl2FNO3/c23-15-7-16(24)9-18(8-15)29-17-2-1-5-26(12-17)11-14-6-21(25)20(22(27)28)10-19(14)13-3-4-13/h6-10,13,17H,1-5,11-12H2,(H,27,28). The van der Waals surface area contributed by atoms with Gasteiger partial charge in [-0.05, 0) is 79.6 Å². The zero-order chi connectivity index (χ0) is 20.5. The van der Waals surface area contributed by atoms with Crippen molar-refractivity contribution >= 4 is 29.2 Å². The molecule has 29 heavy (non-hydrogen) atoms. The lowest BCUT2D eigenvalue weighted by Gasteiger charge is -2.33. The van der Waals surface area contributed by atoms with E-state index in [4.69, 9.17) is 27.9 Å². The summed E-state index contributed by atoms with van der Waals surface area (Å²) < 4.78 is 20.4. The first-order chi connectivity index (χ1) is 13.9. The summed E-state index contributed by atoms with van der Waals surface area (Å²) in [4.78, 5) is 13.5. The van der Waals surface area contributed by atoms with Gasteiger partial charge in [-0.15, -0.1) is 0 Å². The van der Waals surface area contributed by atoms with Gasteiger partial charge < -0.3 is 9.84 Å². The lowest BCUT2D eigenvalue weighted by atomic mass is 9.98. The van der Waals surface area contributed by atoms with Gasteiger partial charge in [0, 0.05) is 23.1 Å². The molecule has 0 spiro atoms. The summed E-state index contributed by atoms with van der Waals surface area (Å²) in [5, 5.41) is 10.3. The molecule has 0 amide bonds. The first-order valence-corrected chi connectivity index (χ1v) is 10.6. The fraction of sp³-hybridized carbons (Fsp3) is 0.409. The van der Waals surface area contributed by atoms with Crippen LogP contribution in [0.15, 0.2) is 30.3 Å². The summed E-state index contributed by atoms with van der Waals surface area (Å²) in [7, 11) is 0. The Morgan fingerprint density at radius 1 is 1.14 bits per heavy atom. The monoisotopic (exact) mass is 437 g/mol. The predicted octanol–water partition coefficient (Wildman–Crippen LogP) is 5.75. The highest BCUT2D eigenvalue weighted by atomic mass is 35.5. The molecule has 7 heteroatoms. The summed E-state index contributed by atoms with van der Waals surface area (Å²) in [6.07, 6.45) is 3.93. The van der Waals surface area contributed by atoms with Crippen LogP contribution < -0.4 is 4.74 Å². The molecule has 2 aromatic carbocycles. The van der Waals surface area contributed by atoms with Gasteiger partial charge in [-0.1, -0.05) is 23.2 Å². The number of likely N-dealkylation sites (tertiary alicyclic amines) is 1. The number of rotatable bonds is 6. The summed E-state index contributed by atoms with van der Waals surface area (Å²) in [6, 6.07) is 8.09. The SMILES string of the molecule is O=C(O)c1cc(C2CC2)c(CN2CCCC(Oc3cc(Cl)cc(Cl)c3)C2)cc1F. The van der Waals surface area contributed by atoms with Crippen molar-refractivity contribution in [3.63, 3.8) is 0 Å². The van der Waals surface area contributed by atoms with Gasteiger partial charge in [0.1, 0.15) is 17.7 Å². The molecule has 2 aromatic rings. The zero-order valence-electron chi connectivity index (χ0n) is 15.8. The van der Waals surface area contributed by atoms with Crippen LogP contribution in [0.3, 0.4) is 0 Å². The molecule has 1 aliphatic heterocycles. The van der Waals surface area contributed by atoms with Gasteiger partial charge in [0.15, 0.2) is 0 Å². The quantitative estimate of drug-likeness (QED) is 0.624. The molecule has 0 radical (unpaired) electrons. The Balaban J connectivity index is 1.48. The highest BCUT2D eigenvalue weighted by molar-refractivity contribution is 6.34. The molecule has 1 saturated carbocycles. The number of halogens is 3. The third-order valence-corrected chi connectivity index (χ3v) is 5.91. The van der Waals surface area contributed by atoms with Gasteiger partial charge in [-0.25, -0.2) is 9.18 Å². The minimum Gasteiger partial charge on any atom is -0.489 e. The second-order valence-corrected chi connectivity index (χ2v) is 8.71. The Hall–Kier alpha value is -1.82. The molecular formula is C22H22Cl2FNO3. The molecule has 2 aliphatic rings. The third kappa shape index (κ3) is 5.03. The fourth-order valence-corrected chi connectivity index (χ4v) is 4.50. The lowest BCUT2D eigenvalue weighted by molar-refractivity contribution is 0.0691. The second-order valence-electron chi connectivity index (χ2n) is 7.83. The Morgan fingerprint density at radius 3 is 2.52 bits per heavy atom. The summed E-state index contributed by atoms with van der Waals surface area (Å²) in [5.74, 6) is -0.906. The molecule has 1 aliphatic carbocycles. The summed E-state index contributed by atoms with van der Waals surface area (Å²) in [6.45, 7) is 2.18. The molecule has 0 bridgehead atoms. The van der Waals surface area contributed by atoms with E-state index in [0.717, 1.165) is 43.4 Å². The number of hydrogen-bond acceptors (Lipinski definition) is 3. The van der Waals surface area contributed by atoms with Crippen LogP contribution in [0, 0.1) is 5.82 Å². The maximum Gasteiger partial charge on any atom is 0.338 e. The van der Waals surface area contributed by atoms with Crippen molar-refractivity contribution in [3.8, 4) is 5.75 Å². The van der Waals surface area contributed by atoms with Crippen LogP contribution in [0.2, 0.25) is 10.0 Å². The molecule has 0 aromatic heterocycles. The van der Waals surface area contributed by atoms with Crippen molar-refractivity contribution in [2.75, 3.05) is 13.1 Å². The average molecular weight is 438 g/mol. The van der Waals surface area contributed by atoms with Crippen LogP contribution in [0.5, 0.6) is 5.75 Å². The maximum atomic E-state index is 14.3. The molecule has 1 N–H and O–H groups in total. The molecule has 1 atom stereocenters. The predicted molar refractivity (Wildman–Crippen MR) is 111 cm³/mol. The van der Waals surface area contributed by atoms with Crippen molar-refractivity contribution in [1.82, 2.24) is 4.90 Å². The van der Waals surface area contributed by atoms with Gasteiger partial charge in [0.25, 0.3) is 0 Å². The number of carboxylic acid groups (broad SMARTS) is 1. The van der Waals surface area contributed by atoms with Crippen molar-refractivity contribution in [3.05, 3.63) is 62.9 Å². The van der Waals surface area contributed by atoms with Gasteiger partial charge in [-0.2, -0.15) is 0 Å². The Labute approximate surface area is 179 Å². The van der Waals surface area contributed by atoms with E-state index in [1.807, 2.05) is 0 Å². The van der Waals surface area contributed by atoms with Crippen LogP contribution in [0.4, 0.5) is 4.39 Å². The van der Waals surface area contributed by atoms with Gasteiger partial charge in [0.2, 0.25) is 0 Å². The van der Waals surface area contributed by atoms with Crippen molar-refractivity contribution < 1.29 is 19.0 Å². The van der Waals surface area contributed by atoms with Crippen molar-refractivity contribution in [2.24, 2.45) is 0 Å². The van der Waals surface area contributed by atoms with Gasteiger partial charge >= 0.3 is 5.97 Å². The maximum absolute atomic E-state index is 14.3. The average Bonchev–Trinajstić information content (AvgIpc) is 3.46. The summed E-state index contributed by atoms with van der Waals surface area (Å²) >= 11 is 12.1.